The van der Waals surface area contributed by atoms with Crippen molar-refractivity contribution in [2.24, 2.45) is 5.73 Å². The Morgan fingerprint density at radius 2 is 1.74 bits per heavy atom. The SMILES string of the molecule is CCOC(=O)C1=c2s/c(=C/c3ccccc3F)c(=O)n2C(c2ccccc2F)C(C(=O)OC)=C1N. The first-order chi connectivity index (χ1) is 16.8. The van der Waals surface area contributed by atoms with Crippen LogP contribution in [0.2, 0.25) is 0 Å². The molecule has 4 rings (SSSR count). The minimum atomic E-state index is -1.33. The number of thiazole rings is 1. The third-order valence-electron chi connectivity index (χ3n) is 5.44. The van der Waals surface area contributed by atoms with E-state index in [0.717, 1.165) is 23.0 Å². The summed E-state index contributed by atoms with van der Waals surface area (Å²) in [4.78, 5) is 39.4. The molecule has 2 heterocycles. The number of fused-ring (bicyclic) bond motifs is 1. The van der Waals surface area contributed by atoms with Gasteiger partial charge in [0.15, 0.2) is 0 Å². The van der Waals surface area contributed by atoms with Crippen LogP contribution in [0.15, 0.2) is 64.6 Å². The standard InChI is InChI=1S/C25H20F2N2O5S/c1-3-34-25(32)19-20(28)18(24(31)33-2)21(14-9-5-7-11-16(14)27)29-22(30)17(35-23(19)29)12-13-8-4-6-10-15(13)26/h4-12,21H,3,28H2,1-2H3/b17-12+. The number of methoxy groups -OCH3 is 1. The van der Waals surface area contributed by atoms with Crippen molar-refractivity contribution in [3.05, 3.63) is 102 Å². The predicted molar refractivity (Wildman–Crippen MR) is 126 cm³/mol. The molecular formula is C25H20F2N2O5S. The fraction of sp³-hybridized carbons (Fsp3) is 0.160. The van der Waals surface area contributed by atoms with Crippen LogP contribution in [0.25, 0.3) is 11.6 Å². The molecule has 0 bridgehead atoms. The molecular weight excluding hydrogens is 478 g/mol. The van der Waals surface area contributed by atoms with Gasteiger partial charge in [0.05, 0.1) is 29.5 Å². The van der Waals surface area contributed by atoms with Gasteiger partial charge in [-0.25, -0.2) is 18.4 Å². The maximum Gasteiger partial charge on any atom is 0.343 e. The van der Waals surface area contributed by atoms with Gasteiger partial charge in [-0.1, -0.05) is 36.4 Å². The molecule has 0 fully saturated rings. The van der Waals surface area contributed by atoms with E-state index in [9.17, 15) is 23.2 Å². The number of halogens is 2. The van der Waals surface area contributed by atoms with Gasteiger partial charge >= 0.3 is 11.9 Å². The molecule has 180 valence electrons. The van der Waals surface area contributed by atoms with Gasteiger partial charge in [-0.15, -0.1) is 11.3 Å². The molecule has 0 radical (unpaired) electrons. The Kier molecular flexibility index (Phi) is 6.65. The molecule has 0 spiro atoms. The van der Waals surface area contributed by atoms with E-state index in [1.165, 1.54) is 48.5 Å². The van der Waals surface area contributed by atoms with Crippen molar-refractivity contribution in [3.8, 4) is 0 Å². The molecule has 0 saturated heterocycles. The fourth-order valence-electron chi connectivity index (χ4n) is 3.89. The molecule has 7 nitrogen and oxygen atoms in total. The normalized spacial score (nSPS) is 15.7. The predicted octanol–water partition coefficient (Wildman–Crippen LogP) is 1.72. The number of rotatable bonds is 5. The van der Waals surface area contributed by atoms with Crippen LogP contribution in [-0.4, -0.2) is 30.2 Å². The Bertz CT molecular complexity index is 1550. The zero-order valence-electron chi connectivity index (χ0n) is 18.7. The topological polar surface area (TPSA) is 101 Å². The van der Waals surface area contributed by atoms with Crippen LogP contribution in [-0.2, 0) is 19.1 Å². The lowest BCUT2D eigenvalue weighted by Crippen LogP contribution is -2.43. The maximum atomic E-state index is 15.0. The van der Waals surface area contributed by atoms with Crippen LogP contribution in [0, 0.1) is 11.6 Å². The highest BCUT2D eigenvalue weighted by Gasteiger charge is 2.39. The number of ether oxygens (including phenoxy) is 2. The van der Waals surface area contributed by atoms with Crippen LogP contribution in [0.1, 0.15) is 24.1 Å². The van der Waals surface area contributed by atoms with Crippen LogP contribution < -0.4 is 20.5 Å². The van der Waals surface area contributed by atoms with Crippen molar-refractivity contribution in [2.75, 3.05) is 13.7 Å². The summed E-state index contributed by atoms with van der Waals surface area (Å²) in [5, 5.41) is 0. The summed E-state index contributed by atoms with van der Waals surface area (Å²) in [5.41, 5.74) is 4.93. The zero-order chi connectivity index (χ0) is 25.3. The molecule has 2 aromatic carbocycles. The Labute approximate surface area is 202 Å². The molecule has 0 saturated carbocycles. The van der Waals surface area contributed by atoms with Gasteiger partial charge in [0.25, 0.3) is 5.56 Å². The van der Waals surface area contributed by atoms with E-state index in [-0.39, 0.29) is 43.8 Å². The Morgan fingerprint density at radius 1 is 1.09 bits per heavy atom. The minimum absolute atomic E-state index is 0.00370. The average molecular weight is 499 g/mol. The van der Waals surface area contributed by atoms with E-state index in [4.69, 9.17) is 15.2 Å². The summed E-state index contributed by atoms with van der Waals surface area (Å²) in [6, 6.07) is 10.1. The van der Waals surface area contributed by atoms with Gasteiger partial charge < -0.3 is 15.2 Å². The second kappa shape index (κ2) is 9.67. The highest BCUT2D eigenvalue weighted by molar-refractivity contribution is 7.07. The van der Waals surface area contributed by atoms with Gasteiger partial charge in [0.2, 0.25) is 0 Å². The number of nitrogens with two attached hydrogens (primary N) is 1. The van der Waals surface area contributed by atoms with Crippen molar-refractivity contribution in [1.29, 1.82) is 0 Å². The van der Waals surface area contributed by atoms with Gasteiger partial charge in [0, 0.05) is 11.1 Å². The number of hydrogen-bond donors (Lipinski definition) is 1. The first-order valence-electron chi connectivity index (χ1n) is 10.5. The van der Waals surface area contributed by atoms with Crippen molar-refractivity contribution < 1.29 is 27.8 Å². The van der Waals surface area contributed by atoms with E-state index < -0.39 is 35.2 Å². The van der Waals surface area contributed by atoms with Gasteiger partial charge in [-0.3, -0.25) is 9.36 Å². The smallest absolute Gasteiger partial charge is 0.343 e. The quantitative estimate of drug-likeness (QED) is 0.538. The average Bonchev–Trinajstić information content (AvgIpc) is 3.15. The van der Waals surface area contributed by atoms with Crippen LogP contribution >= 0.6 is 11.3 Å². The van der Waals surface area contributed by atoms with E-state index in [1.807, 2.05) is 0 Å². The van der Waals surface area contributed by atoms with Gasteiger partial charge in [-0.05, 0) is 25.1 Å². The number of carbonyl (C=O) groups excluding carboxylic acids is 2. The largest absolute Gasteiger partial charge is 0.466 e. The molecule has 0 amide bonds. The first-order valence-corrected chi connectivity index (χ1v) is 11.3. The van der Waals surface area contributed by atoms with Gasteiger partial charge in [-0.2, -0.15) is 0 Å². The number of esters is 2. The summed E-state index contributed by atoms with van der Waals surface area (Å²) in [6.45, 7) is 1.59. The van der Waals surface area contributed by atoms with E-state index in [0.29, 0.717) is 0 Å². The Balaban J connectivity index is 2.16. The number of carbonyl (C=O) groups is 2. The van der Waals surface area contributed by atoms with Crippen LogP contribution in [0.3, 0.4) is 0 Å². The Hall–Kier alpha value is -4.05. The highest BCUT2D eigenvalue weighted by Crippen LogP contribution is 2.33. The lowest BCUT2D eigenvalue weighted by Gasteiger charge is -2.27. The summed E-state index contributed by atoms with van der Waals surface area (Å²) in [5.74, 6) is -3.07. The van der Waals surface area contributed by atoms with E-state index in [2.05, 4.69) is 0 Å². The molecule has 0 aliphatic carbocycles. The van der Waals surface area contributed by atoms with Crippen LogP contribution in [0.5, 0.6) is 0 Å². The third-order valence-corrected chi connectivity index (χ3v) is 6.54. The zero-order valence-corrected chi connectivity index (χ0v) is 19.5. The lowest BCUT2D eigenvalue weighted by atomic mass is 9.91. The van der Waals surface area contributed by atoms with Crippen LogP contribution in [0.4, 0.5) is 8.78 Å². The number of hydrogen-bond acceptors (Lipinski definition) is 7. The van der Waals surface area contributed by atoms with Crippen molar-refractivity contribution in [1.82, 2.24) is 4.57 Å². The number of benzene rings is 2. The Morgan fingerprint density at radius 3 is 2.37 bits per heavy atom. The molecule has 2 N–H and O–H groups in total. The summed E-state index contributed by atoms with van der Waals surface area (Å²) in [7, 11) is 1.11. The molecule has 1 aromatic heterocycles. The molecule has 1 aliphatic heterocycles. The molecule has 1 aliphatic rings. The van der Waals surface area contributed by atoms with Crippen molar-refractivity contribution in [3.63, 3.8) is 0 Å². The summed E-state index contributed by atoms with van der Waals surface area (Å²) >= 11 is 0.859. The molecule has 1 unspecified atom stereocenters. The second-order valence-corrected chi connectivity index (χ2v) is 8.48. The molecule has 35 heavy (non-hydrogen) atoms. The maximum absolute atomic E-state index is 15.0. The number of nitrogens with zero attached hydrogens (tertiary/aromatic N) is 1. The first kappa shape index (κ1) is 24.1. The highest BCUT2D eigenvalue weighted by atomic mass is 32.1. The van der Waals surface area contributed by atoms with Crippen molar-refractivity contribution >= 4 is 34.9 Å². The van der Waals surface area contributed by atoms with Crippen molar-refractivity contribution in [2.45, 2.75) is 13.0 Å². The fourth-order valence-corrected chi connectivity index (χ4v) is 5.05. The molecule has 10 heteroatoms. The third kappa shape index (κ3) is 4.17. The van der Waals surface area contributed by atoms with Gasteiger partial charge in [0.1, 0.15) is 27.9 Å². The lowest BCUT2D eigenvalue weighted by molar-refractivity contribution is -0.136. The van der Waals surface area contributed by atoms with E-state index >= 15 is 0 Å². The summed E-state index contributed by atoms with van der Waals surface area (Å²) < 4.78 is 40.5. The molecule has 1 atom stereocenters. The van der Waals surface area contributed by atoms with E-state index in [1.54, 1.807) is 13.0 Å². The molecule has 3 aromatic rings. The second-order valence-electron chi connectivity index (χ2n) is 7.45. The minimum Gasteiger partial charge on any atom is -0.466 e. The summed E-state index contributed by atoms with van der Waals surface area (Å²) in [6.07, 6.45) is 1.32. The monoisotopic (exact) mass is 498 g/mol. The number of aromatic nitrogens is 1.